The van der Waals surface area contributed by atoms with Crippen molar-refractivity contribution in [3.05, 3.63) is 23.8 Å². The van der Waals surface area contributed by atoms with Crippen molar-refractivity contribution < 1.29 is 28.9 Å². The quantitative estimate of drug-likeness (QED) is 0.808. The Balaban J connectivity index is 1.89. The molecule has 1 aliphatic rings. The van der Waals surface area contributed by atoms with Gasteiger partial charge in [-0.05, 0) is 24.1 Å². The van der Waals surface area contributed by atoms with Gasteiger partial charge in [-0.15, -0.1) is 0 Å². The molecule has 0 bridgehead atoms. The van der Waals surface area contributed by atoms with E-state index >= 15 is 0 Å². The van der Waals surface area contributed by atoms with E-state index in [1.54, 1.807) is 19.1 Å². The van der Waals surface area contributed by atoms with Crippen LogP contribution in [0.2, 0.25) is 0 Å². The van der Waals surface area contributed by atoms with Crippen LogP contribution in [-0.2, 0) is 20.7 Å². The highest BCUT2D eigenvalue weighted by atomic mass is 16.5. The number of nitrogens with zero attached hydrogens (tertiary/aromatic N) is 1. The van der Waals surface area contributed by atoms with Crippen LogP contribution in [0.15, 0.2) is 18.2 Å². The fraction of sp³-hybridized carbons (Fsp3) is 0.529. The van der Waals surface area contributed by atoms with Gasteiger partial charge < -0.3 is 24.2 Å². The normalized spacial score (nSPS) is 17.4. The van der Waals surface area contributed by atoms with E-state index in [9.17, 15) is 9.59 Å². The van der Waals surface area contributed by atoms with Crippen LogP contribution in [0.1, 0.15) is 18.4 Å². The zero-order chi connectivity index (χ0) is 17.5. The van der Waals surface area contributed by atoms with Crippen LogP contribution in [0.5, 0.6) is 11.5 Å². The summed E-state index contributed by atoms with van der Waals surface area (Å²) in [6.45, 7) is 1.21. The summed E-state index contributed by atoms with van der Waals surface area (Å²) >= 11 is 0. The number of rotatable bonds is 7. The number of carboxylic acids is 1. The molecule has 0 aromatic heterocycles. The number of aliphatic carboxylic acids is 1. The first-order valence-corrected chi connectivity index (χ1v) is 7.85. The Morgan fingerprint density at radius 2 is 2.04 bits per heavy atom. The minimum atomic E-state index is -0.917. The molecule has 7 nitrogen and oxygen atoms in total. The molecule has 7 heteroatoms. The lowest BCUT2D eigenvalue weighted by Gasteiger charge is -2.32. The largest absolute Gasteiger partial charge is 0.493 e. The van der Waals surface area contributed by atoms with Crippen LogP contribution >= 0.6 is 0 Å². The summed E-state index contributed by atoms with van der Waals surface area (Å²) in [4.78, 5) is 24.8. The third-order valence-corrected chi connectivity index (χ3v) is 3.97. The second kappa shape index (κ2) is 8.54. The molecule has 1 atom stereocenters. The van der Waals surface area contributed by atoms with Gasteiger partial charge >= 0.3 is 5.97 Å². The average molecular weight is 337 g/mol. The number of carboxylic acid groups (broad SMARTS) is 1. The Morgan fingerprint density at radius 1 is 1.29 bits per heavy atom. The van der Waals surface area contributed by atoms with Gasteiger partial charge in [-0.1, -0.05) is 6.07 Å². The number of hydrogen-bond donors (Lipinski definition) is 1. The fourth-order valence-electron chi connectivity index (χ4n) is 2.71. The minimum absolute atomic E-state index is 0.00322. The van der Waals surface area contributed by atoms with Gasteiger partial charge in [-0.25, -0.2) is 0 Å². The Morgan fingerprint density at radius 3 is 2.71 bits per heavy atom. The molecule has 0 unspecified atom stereocenters. The first-order chi connectivity index (χ1) is 11.5. The van der Waals surface area contributed by atoms with E-state index in [1.165, 1.54) is 0 Å². The minimum Gasteiger partial charge on any atom is -0.493 e. The SMILES string of the molecule is COc1ccc(CCC(=O)N2CCO[C@@H](CC(=O)O)C2)cc1OC. The molecule has 1 N–H and O–H groups in total. The van der Waals surface area contributed by atoms with Crippen molar-refractivity contribution >= 4 is 11.9 Å². The molecule has 24 heavy (non-hydrogen) atoms. The highest BCUT2D eigenvalue weighted by Crippen LogP contribution is 2.28. The summed E-state index contributed by atoms with van der Waals surface area (Å²) in [6, 6.07) is 5.58. The topological polar surface area (TPSA) is 85.3 Å². The molecule has 0 saturated carbocycles. The lowest BCUT2D eigenvalue weighted by atomic mass is 10.1. The monoisotopic (exact) mass is 337 g/mol. The van der Waals surface area contributed by atoms with Gasteiger partial charge in [0.05, 0.1) is 33.4 Å². The number of methoxy groups -OCH3 is 2. The summed E-state index contributed by atoms with van der Waals surface area (Å²) in [5, 5.41) is 8.83. The molecular formula is C17H23NO6. The van der Waals surface area contributed by atoms with Crippen LogP contribution in [0.4, 0.5) is 0 Å². The Hall–Kier alpha value is -2.28. The van der Waals surface area contributed by atoms with Crippen LogP contribution in [0.3, 0.4) is 0 Å². The number of morpholine rings is 1. The second-order valence-corrected chi connectivity index (χ2v) is 5.62. The van der Waals surface area contributed by atoms with Crippen molar-refractivity contribution in [3.8, 4) is 11.5 Å². The smallest absolute Gasteiger partial charge is 0.306 e. The first kappa shape index (κ1) is 18.1. The maximum atomic E-state index is 12.3. The van der Waals surface area contributed by atoms with Crippen molar-refractivity contribution in [2.24, 2.45) is 0 Å². The van der Waals surface area contributed by atoms with E-state index in [2.05, 4.69) is 0 Å². The summed E-state index contributed by atoms with van der Waals surface area (Å²) in [5.41, 5.74) is 0.983. The molecule has 0 radical (unpaired) electrons. The lowest BCUT2D eigenvalue weighted by molar-refractivity contribution is -0.147. The van der Waals surface area contributed by atoms with Gasteiger partial charge in [0.1, 0.15) is 0 Å². The Labute approximate surface area is 141 Å². The predicted octanol–water partition coefficient (Wildman–Crippen LogP) is 1.34. The summed E-state index contributed by atoms with van der Waals surface area (Å²) < 4.78 is 15.8. The predicted molar refractivity (Wildman–Crippen MR) is 86.4 cm³/mol. The molecule has 132 valence electrons. The maximum Gasteiger partial charge on any atom is 0.306 e. The molecule has 1 aromatic rings. The molecule has 1 aliphatic heterocycles. The summed E-state index contributed by atoms with van der Waals surface area (Å²) in [5.74, 6) is 0.371. The third kappa shape index (κ3) is 4.86. The number of carbonyl (C=O) groups excluding carboxylic acids is 1. The molecule has 2 rings (SSSR count). The number of aryl methyl sites for hydroxylation is 1. The zero-order valence-electron chi connectivity index (χ0n) is 14.0. The van der Waals surface area contributed by atoms with Gasteiger partial charge in [-0.3, -0.25) is 9.59 Å². The molecule has 1 heterocycles. The van der Waals surface area contributed by atoms with Gasteiger partial charge in [0.15, 0.2) is 11.5 Å². The molecular weight excluding hydrogens is 314 g/mol. The molecule has 0 spiro atoms. The van der Waals surface area contributed by atoms with Gasteiger partial charge in [0, 0.05) is 19.5 Å². The van der Waals surface area contributed by atoms with Crippen molar-refractivity contribution in [3.63, 3.8) is 0 Å². The zero-order valence-corrected chi connectivity index (χ0v) is 14.0. The number of amides is 1. The van der Waals surface area contributed by atoms with Crippen molar-refractivity contribution in [2.75, 3.05) is 33.9 Å². The van der Waals surface area contributed by atoms with Crippen molar-refractivity contribution in [2.45, 2.75) is 25.4 Å². The maximum absolute atomic E-state index is 12.3. The average Bonchev–Trinajstić information content (AvgIpc) is 2.59. The first-order valence-electron chi connectivity index (χ1n) is 7.85. The van der Waals surface area contributed by atoms with Crippen molar-refractivity contribution in [1.82, 2.24) is 4.90 Å². The van der Waals surface area contributed by atoms with Crippen LogP contribution < -0.4 is 9.47 Å². The van der Waals surface area contributed by atoms with Gasteiger partial charge in [0.2, 0.25) is 5.91 Å². The van der Waals surface area contributed by atoms with Gasteiger partial charge in [0.25, 0.3) is 0 Å². The van der Waals surface area contributed by atoms with Crippen LogP contribution in [-0.4, -0.2) is 61.9 Å². The van der Waals surface area contributed by atoms with E-state index in [0.717, 1.165) is 5.56 Å². The Kier molecular flexibility index (Phi) is 6.43. The van der Waals surface area contributed by atoms with Crippen LogP contribution in [0, 0.1) is 0 Å². The molecule has 1 saturated heterocycles. The molecule has 1 aromatic carbocycles. The second-order valence-electron chi connectivity index (χ2n) is 5.62. The third-order valence-electron chi connectivity index (χ3n) is 3.97. The molecule has 1 fully saturated rings. The van der Waals surface area contributed by atoms with E-state index in [4.69, 9.17) is 19.3 Å². The fourth-order valence-corrected chi connectivity index (χ4v) is 2.71. The Bertz CT molecular complexity index is 588. The number of carbonyl (C=O) groups is 2. The van der Waals surface area contributed by atoms with Crippen molar-refractivity contribution in [1.29, 1.82) is 0 Å². The van der Waals surface area contributed by atoms with E-state index in [0.29, 0.717) is 44.0 Å². The van der Waals surface area contributed by atoms with E-state index in [-0.39, 0.29) is 12.3 Å². The van der Waals surface area contributed by atoms with Crippen LogP contribution in [0.25, 0.3) is 0 Å². The molecule has 0 aliphatic carbocycles. The summed E-state index contributed by atoms with van der Waals surface area (Å²) in [6.07, 6.45) is 0.427. The highest BCUT2D eigenvalue weighted by molar-refractivity contribution is 5.76. The van der Waals surface area contributed by atoms with Gasteiger partial charge in [-0.2, -0.15) is 0 Å². The number of hydrogen-bond acceptors (Lipinski definition) is 5. The van der Waals surface area contributed by atoms with E-state index < -0.39 is 12.1 Å². The van der Waals surface area contributed by atoms with E-state index in [1.807, 2.05) is 18.2 Å². The number of ether oxygens (including phenoxy) is 3. The highest BCUT2D eigenvalue weighted by Gasteiger charge is 2.25. The summed E-state index contributed by atoms with van der Waals surface area (Å²) in [7, 11) is 3.15. The number of benzene rings is 1. The standard InChI is InChI=1S/C17H23NO6/c1-22-14-5-3-12(9-15(14)23-2)4-6-16(19)18-7-8-24-13(11-18)10-17(20)21/h3,5,9,13H,4,6-8,10-11H2,1-2H3,(H,20,21)/t13-/m0/s1. The lowest BCUT2D eigenvalue weighted by Crippen LogP contribution is -2.46. The molecule has 1 amide bonds.